The van der Waals surface area contributed by atoms with Crippen molar-refractivity contribution in [3.8, 4) is 0 Å². The Labute approximate surface area is 145 Å². The van der Waals surface area contributed by atoms with E-state index in [9.17, 15) is 13.2 Å². The van der Waals surface area contributed by atoms with E-state index in [0.717, 1.165) is 16.9 Å². The average Bonchev–Trinajstić information content (AvgIpc) is 3.09. The van der Waals surface area contributed by atoms with Crippen LogP contribution in [0.15, 0.2) is 46.7 Å². The first-order valence-corrected chi connectivity index (χ1v) is 9.72. The first-order chi connectivity index (χ1) is 11.5. The number of hydrogen-bond acceptors (Lipinski definition) is 6. The van der Waals surface area contributed by atoms with Gasteiger partial charge in [0.05, 0.1) is 12.0 Å². The summed E-state index contributed by atoms with van der Waals surface area (Å²) in [5.74, 6) is -0.545. The molecule has 1 aromatic carbocycles. The molecule has 0 atom stereocenters. The molecule has 0 fully saturated rings. The van der Waals surface area contributed by atoms with Crippen molar-refractivity contribution < 1.29 is 17.9 Å². The van der Waals surface area contributed by atoms with Crippen molar-refractivity contribution in [2.75, 3.05) is 26.7 Å². The van der Waals surface area contributed by atoms with Crippen LogP contribution in [0.25, 0.3) is 0 Å². The van der Waals surface area contributed by atoms with Crippen LogP contribution >= 0.6 is 11.3 Å². The van der Waals surface area contributed by atoms with Crippen molar-refractivity contribution >= 4 is 27.3 Å². The SMILES string of the molecule is COC(=O)c1cc(S(=O)(=O)N(CCN)CCc2ccccc2)cs1. The molecule has 130 valence electrons. The van der Waals surface area contributed by atoms with E-state index in [2.05, 4.69) is 4.74 Å². The number of benzene rings is 1. The van der Waals surface area contributed by atoms with E-state index < -0.39 is 16.0 Å². The minimum absolute atomic E-state index is 0.0920. The van der Waals surface area contributed by atoms with Crippen molar-refractivity contribution in [1.82, 2.24) is 4.31 Å². The second-order valence-corrected chi connectivity index (χ2v) is 7.92. The van der Waals surface area contributed by atoms with Gasteiger partial charge >= 0.3 is 5.97 Å². The molecule has 24 heavy (non-hydrogen) atoms. The van der Waals surface area contributed by atoms with Crippen LogP contribution in [0, 0.1) is 0 Å². The Bertz CT molecular complexity index is 772. The molecule has 8 heteroatoms. The van der Waals surface area contributed by atoms with E-state index in [-0.39, 0.29) is 22.9 Å². The third-order valence-corrected chi connectivity index (χ3v) is 6.41. The Morgan fingerprint density at radius 2 is 1.96 bits per heavy atom. The standard InChI is InChI=1S/C16H20N2O4S2/c1-22-16(19)15-11-14(12-23-15)24(20,21)18(10-8-17)9-7-13-5-3-2-4-6-13/h2-6,11-12H,7-10,17H2,1H3. The smallest absolute Gasteiger partial charge is 0.348 e. The highest BCUT2D eigenvalue weighted by molar-refractivity contribution is 7.89. The molecule has 6 nitrogen and oxygen atoms in total. The molecule has 0 saturated heterocycles. The van der Waals surface area contributed by atoms with Gasteiger partial charge in [0, 0.05) is 25.0 Å². The summed E-state index contributed by atoms with van der Waals surface area (Å²) in [7, 11) is -2.44. The summed E-state index contributed by atoms with van der Waals surface area (Å²) in [5.41, 5.74) is 6.62. The van der Waals surface area contributed by atoms with Gasteiger partial charge in [-0.15, -0.1) is 11.3 Å². The maximum atomic E-state index is 12.8. The molecule has 1 aromatic heterocycles. The Morgan fingerprint density at radius 3 is 2.58 bits per heavy atom. The maximum Gasteiger partial charge on any atom is 0.348 e. The number of ether oxygens (including phenoxy) is 1. The second-order valence-electron chi connectivity index (χ2n) is 5.07. The van der Waals surface area contributed by atoms with Crippen molar-refractivity contribution in [3.05, 3.63) is 52.2 Å². The number of sulfonamides is 1. The number of rotatable bonds is 8. The molecule has 0 aliphatic carbocycles. The van der Waals surface area contributed by atoms with Gasteiger partial charge in [0.1, 0.15) is 4.88 Å². The number of methoxy groups -OCH3 is 1. The van der Waals surface area contributed by atoms with E-state index in [1.54, 1.807) is 0 Å². The van der Waals surface area contributed by atoms with Crippen LogP contribution in [0.3, 0.4) is 0 Å². The molecule has 0 amide bonds. The van der Waals surface area contributed by atoms with Crippen molar-refractivity contribution in [3.63, 3.8) is 0 Å². The van der Waals surface area contributed by atoms with Crippen LogP contribution in [-0.4, -0.2) is 45.4 Å². The van der Waals surface area contributed by atoms with Gasteiger partial charge in [0.2, 0.25) is 10.0 Å². The fourth-order valence-electron chi connectivity index (χ4n) is 2.21. The van der Waals surface area contributed by atoms with Crippen molar-refractivity contribution in [2.24, 2.45) is 5.73 Å². The monoisotopic (exact) mass is 368 g/mol. The summed E-state index contributed by atoms with van der Waals surface area (Å²) in [4.78, 5) is 11.9. The highest BCUT2D eigenvalue weighted by atomic mass is 32.2. The molecular weight excluding hydrogens is 348 g/mol. The summed E-state index contributed by atoms with van der Waals surface area (Å²) in [6.07, 6.45) is 0.591. The van der Waals surface area contributed by atoms with Gasteiger partial charge in [-0.3, -0.25) is 0 Å². The van der Waals surface area contributed by atoms with Crippen LogP contribution in [0.1, 0.15) is 15.2 Å². The highest BCUT2D eigenvalue weighted by Crippen LogP contribution is 2.23. The minimum atomic E-state index is -3.70. The minimum Gasteiger partial charge on any atom is -0.465 e. The van der Waals surface area contributed by atoms with Gasteiger partial charge in [-0.05, 0) is 18.1 Å². The molecule has 0 aliphatic rings. The maximum absolute atomic E-state index is 12.8. The number of nitrogens with two attached hydrogens (primary N) is 1. The predicted molar refractivity (Wildman–Crippen MR) is 93.6 cm³/mol. The fourth-order valence-corrected chi connectivity index (χ4v) is 4.84. The lowest BCUT2D eigenvalue weighted by molar-refractivity contribution is 0.0606. The number of thiophene rings is 1. The number of hydrogen-bond donors (Lipinski definition) is 1. The van der Waals surface area contributed by atoms with E-state index in [1.807, 2.05) is 30.3 Å². The zero-order valence-electron chi connectivity index (χ0n) is 13.3. The highest BCUT2D eigenvalue weighted by Gasteiger charge is 2.26. The summed E-state index contributed by atoms with van der Waals surface area (Å²) in [5, 5.41) is 1.45. The first-order valence-electron chi connectivity index (χ1n) is 7.40. The molecule has 1 heterocycles. The lowest BCUT2D eigenvalue weighted by Gasteiger charge is -2.21. The Kier molecular flexibility index (Phi) is 6.50. The molecule has 0 bridgehead atoms. The molecule has 0 radical (unpaired) electrons. The van der Waals surface area contributed by atoms with Gasteiger partial charge in [0.15, 0.2) is 0 Å². The number of esters is 1. The van der Waals surface area contributed by atoms with Gasteiger partial charge in [-0.25, -0.2) is 13.2 Å². The molecule has 2 aromatic rings. The van der Waals surface area contributed by atoms with Gasteiger partial charge < -0.3 is 10.5 Å². The van der Waals surface area contributed by atoms with Crippen LogP contribution in [0.5, 0.6) is 0 Å². The van der Waals surface area contributed by atoms with E-state index in [1.165, 1.54) is 22.9 Å². The van der Waals surface area contributed by atoms with E-state index in [4.69, 9.17) is 5.73 Å². The van der Waals surface area contributed by atoms with Gasteiger partial charge in [-0.2, -0.15) is 4.31 Å². The molecule has 2 N–H and O–H groups in total. The summed E-state index contributed by atoms with van der Waals surface area (Å²) < 4.78 is 31.6. The summed E-state index contributed by atoms with van der Waals surface area (Å²) in [6.45, 7) is 0.771. The Morgan fingerprint density at radius 1 is 1.25 bits per heavy atom. The number of carbonyl (C=O) groups is 1. The molecule has 0 saturated carbocycles. The molecular formula is C16H20N2O4S2. The fraction of sp³-hybridized carbons (Fsp3) is 0.312. The lowest BCUT2D eigenvalue weighted by Crippen LogP contribution is -2.36. The Balaban J connectivity index is 2.18. The molecule has 0 spiro atoms. The average molecular weight is 368 g/mol. The lowest BCUT2D eigenvalue weighted by atomic mass is 10.1. The zero-order valence-corrected chi connectivity index (χ0v) is 15.0. The van der Waals surface area contributed by atoms with E-state index in [0.29, 0.717) is 13.0 Å². The topological polar surface area (TPSA) is 89.7 Å². The Hall–Kier alpha value is -1.74. The zero-order chi connectivity index (χ0) is 17.6. The normalized spacial score (nSPS) is 11.6. The van der Waals surface area contributed by atoms with Gasteiger partial charge in [0.25, 0.3) is 0 Å². The first kappa shape index (κ1) is 18.6. The number of nitrogens with zero attached hydrogens (tertiary/aromatic N) is 1. The van der Waals surface area contributed by atoms with Crippen LogP contribution in [0.2, 0.25) is 0 Å². The molecule has 2 rings (SSSR count). The predicted octanol–water partition coefficient (Wildman–Crippen LogP) is 1.73. The summed E-state index contributed by atoms with van der Waals surface area (Å²) in [6, 6.07) is 11.0. The third kappa shape index (κ3) is 4.41. The van der Waals surface area contributed by atoms with Crippen LogP contribution in [-0.2, 0) is 21.2 Å². The summed E-state index contributed by atoms with van der Waals surface area (Å²) >= 11 is 1.05. The van der Waals surface area contributed by atoms with E-state index >= 15 is 0 Å². The molecule has 0 unspecified atom stereocenters. The van der Waals surface area contributed by atoms with Crippen molar-refractivity contribution in [1.29, 1.82) is 0 Å². The van der Waals surface area contributed by atoms with Crippen molar-refractivity contribution in [2.45, 2.75) is 11.3 Å². The van der Waals surface area contributed by atoms with Crippen LogP contribution < -0.4 is 5.73 Å². The largest absolute Gasteiger partial charge is 0.465 e. The second kappa shape index (κ2) is 8.39. The molecule has 0 aliphatic heterocycles. The number of carbonyl (C=O) groups excluding carboxylic acids is 1. The quantitative estimate of drug-likeness (QED) is 0.717. The van der Waals surface area contributed by atoms with Crippen LogP contribution in [0.4, 0.5) is 0 Å². The van der Waals surface area contributed by atoms with Gasteiger partial charge in [-0.1, -0.05) is 30.3 Å². The third-order valence-electron chi connectivity index (χ3n) is 3.47.